The average Bonchev–Trinajstić information content (AvgIpc) is 3.30. The van der Waals surface area contributed by atoms with Crippen LogP contribution in [-0.2, 0) is 28.8 Å². The van der Waals surface area contributed by atoms with Crippen LogP contribution < -0.4 is 33.6 Å². The van der Waals surface area contributed by atoms with Crippen LogP contribution in [0.25, 0.3) is 0 Å². The number of aliphatic carboxylic acids is 2. The van der Waals surface area contributed by atoms with E-state index in [0.717, 1.165) is 0 Å². The van der Waals surface area contributed by atoms with Crippen molar-refractivity contribution in [2.45, 2.75) is 75.5 Å². The van der Waals surface area contributed by atoms with E-state index in [2.05, 4.69) is 15.6 Å². The molecule has 16 nitrogen and oxygen atoms in total. The minimum absolute atomic E-state index is 0.0300. The number of nitrogens with zero attached hydrogens (tertiary/aromatic N) is 2. The summed E-state index contributed by atoms with van der Waals surface area (Å²) in [7, 11) is 0. The number of hydrogen-bond acceptors (Lipinski definition) is 8. The lowest BCUT2D eigenvalue weighted by Gasteiger charge is -2.30. The van der Waals surface area contributed by atoms with Crippen molar-refractivity contribution in [2.75, 3.05) is 13.1 Å². The number of primary amides is 1. The molecule has 4 unspecified atom stereocenters. The summed E-state index contributed by atoms with van der Waals surface area (Å²) >= 11 is 0. The number of aliphatic imine (C=N–C) groups is 1. The minimum atomic E-state index is -1.44. The van der Waals surface area contributed by atoms with Gasteiger partial charge in [-0.2, -0.15) is 0 Å². The van der Waals surface area contributed by atoms with Gasteiger partial charge in [-0.3, -0.25) is 29.0 Å². The number of nitrogens with one attached hydrogen (secondary N) is 2. The Kier molecular flexibility index (Phi) is 12.8. The van der Waals surface area contributed by atoms with Crippen LogP contribution in [0.3, 0.4) is 0 Å². The van der Waals surface area contributed by atoms with Gasteiger partial charge in [0.15, 0.2) is 5.96 Å². The van der Waals surface area contributed by atoms with Crippen LogP contribution in [0.1, 0.15) is 51.4 Å². The van der Waals surface area contributed by atoms with Crippen molar-refractivity contribution in [3.63, 3.8) is 0 Å². The minimum Gasteiger partial charge on any atom is -0.481 e. The van der Waals surface area contributed by atoms with Gasteiger partial charge in [0.25, 0.3) is 0 Å². The summed E-state index contributed by atoms with van der Waals surface area (Å²) in [6.07, 6.45) is 0.140. The van der Waals surface area contributed by atoms with Crippen LogP contribution in [0.15, 0.2) is 4.99 Å². The second kappa shape index (κ2) is 15.2. The monoisotopic (exact) mass is 528 g/mol. The average molecular weight is 529 g/mol. The molecule has 0 aromatic heterocycles. The zero-order chi connectivity index (χ0) is 28.1. The van der Waals surface area contributed by atoms with E-state index in [1.807, 2.05) is 0 Å². The summed E-state index contributed by atoms with van der Waals surface area (Å²) in [5.74, 6) is -5.43. The van der Waals surface area contributed by atoms with E-state index in [4.69, 9.17) is 28.0 Å². The summed E-state index contributed by atoms with van der Waals surface area (Å²) in [6.45, 7) is 0.348. The molecule has 4 amide bonds. The number of hydrogen-bond donors (Lipinski definition) is 8. The number of carboxylic acids is 2. The van der Waals surface area contributed by atoms with Gasteiger partial charge < -0.3 is 48.7 Å². The SMILES string of the molecule is NC(=O)CCC(N)C(=O)NC(CCCN=C(N)N)C(=O)N1CCCC1C(=O)NC(CCC(=O)O)C(=O)O. The lowest BCUT2D eigenvalue weighted by atomic mass is 10.1. The quantitative estimate of drug-likeness (QED) is 0.0553. The van der Waals surface area contributed by atoms with Gasteiger partial charge in [0.2, 0.25) is 23.6 Å². The molecule has 16 heteroatoms. The molecule has 0 radical (unpaired) electrons. The van der Waals surface area contributed by atoms with Gasteiger partial charge in [-0.25, -0.2) is 4.79 Å². The Morgan fingerprint density at radius 1 is 0.946 bits per heavy atom. The van der Waals surface area contributed by atoms with Crippen LogP contribution in [0, 0.1) is 0 Å². The molecule has 12 N–H and O–H groups in total. The van der Waals surface area contributed by atoms with E-state index in [-0.39, 0.29) is 51.2 Å². The van der Waals surface area contributed by atoms with Gasteiger partial charge in [0.05, 0.1) is 6.04 Å². The second-order valence-corrected chi connectivity index (χ2v) is 8.64. The molecule has 0 saturated carbocycles. The zero-order valence-corrected chi connectivity index (χ0v) is 20.4. The Morgan fingerprint density at radius 2 is 1.62 bits per heavy atom. The summed E-state index contributed by atoms with van der Waals surface area (Å²) in [6, 6.07) is -4.67. The smallest absolute Gasteiger partial charge is 0.326 e. The molecule has 0 bridgehead atoms. The molecule has 0 aromatic carbocycles. The number of guanidine groups is 1. The third-order valence-corrected chi connectivity index (χ3v) is 5.70. The van der Waals surface area contributed by atoms with Gasteiger partial charge in [0.1, 0.15) is 18.1 Å². The first-order chi connectivity index (χ1) is 17.3. The van der Waals surface area contributed by atoms with Gasteiger partial charge in [-0.1, -0.05) is 0 Å². The highest BCUT2D eigenvalue weighted by atomic mass is 16.4. The predicted octanol–water partition coefficient (Wildman–Crippen LogP) is -3.46. The Hall–Kier alpha value is -3.95. The molecule has 0 spiro atoms. The molecule has 0 aromatic rings. The third-order valence-electron chi connectivity index (χ3n) is 5.70. The number of carboxylic acid groups (broad SMARTS) is 2. The van der Waals surface area contributed by atoms with Crippen molar-refractivity contribution in [3.8, 4) is 0 Å². The summed E-state index contributed by atoms with van der Waals surface area (Å²) < 4.78 is 0. The number of nitrogens with two attached hydrogens (primary N) is 4. The largest absolute Gasteiger partial charge is 0.481 e. The molecule has 1 aliphatic rings. The highest BCUT2D eigenvalue weighted by Gasteiger charge is 2.39. The van der Waals surface area contributed by atoms with Crippen LogP contribution in [0.4, 0.5) is 0 Å². The topological polar surface area (TPSA) is 287 Å². The molecule has 1 rings (SSSR count). The molecular weight excluding hydrogens is 492 g/mol. The highest BCUT2D eigenvalue weighted by Crippen LogP contribution is 2.20. The van der Waals surface area contributed by atoms with Gasteiger partial charge >= 0.3 is 11.9 Å². The summed E-state index contributed by atoms with van der Waals surface area (Å²) in [4.78, 5) is 77.1. The van der Waals surface area contributed by atoms with Crippen LogP contribution in [0.2, 0.25) is 0 Å². The fourth-order valence-corrected chi connectivity index (χ4v) is 3.76. The molecule has 1 heterocycles. The number of amides is 4. The first kappa shape index (κ1) is 31.1. The predicted molar refractivity (Wildman–Crippen MR) is 129 cm³/mol. The van der Waals surface area contributed by atoms with E-state index < -0.39 is 66.2 Å². The van der Waals surface area contributed by atoms with Crippen molar-refractivity contribution < 1.29 is 39.0 Å². The Morgan fingerprint density at radius 3 is 2.19 bits per heavy atom. The molecule has 1 fully saturated rings. The Labute approximate surface area is 213 Å². The first-order valence-electron chi connectivity index (χ1n) is 11.8. The maximum atomic E-state index is 13.4. The van der Waals surface area contributed by atoms with Crippen LogP contribution >= 0.6 is 0 Å². The number of likely N-dealkylation sites (tertiary alicyclic amines) is 1. The van der Waals surface area contributed by atoms with Gasteiger partial charge in [-0.05, 0) is 38.5 Å². The molecule has 0 aliphatic carbocycles. The Balaban J connectivity index is 2.98. The van der Waals surface area contributed by atoms with Crippen molar-refractivity contribution in [2.24, 2.45) is 27.9 Å². The lowest BCUT2D eigenvalue weighted by Crippen LogP contribution is -2.56. The summed E-state index contributed by atoms with van der Waals surface area (Å²) in [5.41, 5.74) is 21.5. The molecule has 208 valence electrons. The second-order valence-electron chi connectivity index (χ2n) is 8.64. The molecule has 1 saturated heterocycles. The van der Waals surface area contributed by atoms with E-state index in [1.165, 1.54) is 4.90 Å². The summed E-state index contributed by atoms with van der Waals surface area (Å²) in [5, 5.41) is 23.0. The maximum absolute atomic E-state index is 13.4. The molecule has 4 atom stereocenters. The lowest BCUT2D eigenvalue weighted by molar-refractivity contribution is -0.145. The third kappa shape index (κ3) is 11.1. The maximum Gasteiger partial charge on any atom is 0.326 e. The fourth-order valence-electron chi connectivity index (χ4n) is 3.76. The van der Waals surface area contributed by atoms with E-state index >= 15 is 0 Å². The number of rotatable bonds is 16. The van der Waals surface area contributed by atoms with Crippen molar-refractivity contribution in [1.82, 2.24) is 15.5 Å². The fraction of sp³-hybridized carbons (Fsp3) is 0.667. The van der Waals surface area contributed by atoms with Gasteiger partial charge in [-0.15, -0.1) is 0 Å². The molecular formula is C21H36N8O8. The molecule has 37 heavy (non-hydrogen) atoms. The number of carbonyl (C=O) groups is 6. The first-order valence-corrected chi connectivity index (χ1v) is 11.8. The Bertz CT molecular complexity index is 892. The van der Waals surface area contributed by atoms with E-state index in [9.17, 15) is 33.9 Å². The molecule has 1 aliphatic heterocycles. The number of carbonyl (C=O) groups excluding carboxylic acids is 4. The van der Waals surface area contributed by atoms with Crippen molar-refractivity contribution >= 4 is 41.5 Å². The van der Waals surface area contributed by atoms with Crippen molar-refractivity contribution in [3.05, 3.63) is 0 Å². The van der Waals surface area contributed by atoms with Crippen molar-refractivity contribution in [1.29, 1.82) is 0 Å². The highest BCUT2D eigenvalue weighted by molar-refractivity contribution is 5.94. The van der Waals surface area contributed by atoms with Gasteiger partial charge in [0, 0.05) is 25.9 Å². The van der Waals surface area contributed by atoms with E-state index in [0.29, 0.717) is 12.8 Å². The van der Waals surface area contributed by atoms with E-state index in [1.54, 1.807) is 0 Å². The normalized spacial score (nSPS) is 17.2. The standard InChI is InChI=1S/C21H36N8O8/c22-11(5-7-15(23)30)17(33)27-12(3-1-9-26-21(24)25)19(35)29-10-2-4-14(29)18(34)28-13(20(36)37)6-8-16(31)32/h11-14H,1-10,22H2,(H2,23,30)(H,27,33)(H,28,34)(H,31,32)(H,36,37)(H4,24,25,26). The zero-order valence-electron chi connectivity index (χ0n) is 20.4. The van der Waals surface area contributed by atoms with Crippen LogP contribution in [0.5, 0.6) is 0 Å². The van der Waals surface area contributed by atoms with Crippen LogP contribution in [-0.4, -0.2) is 93.9 Å².